The molecule has 0 bridgehead atoms. The molecule has 2 aromatic rings. The van der Waals surface area contributed by atoms with E-state index in [1.165, 1.54) is 5.56 Å². The van der Waals surface area contributed by atoms with Crippen molar-refractivity contribution in [2.45, 2.75) is 39.7 Å². The largest absolute Gasteiger partial charge is 0.507 e. The second-order valence-electron chi connectivity index (χ2n) is 8.35. The lowest BCUT2D eigenvalue weighted by Crippen LogP contribution is -2.38. The van der Waals surface area contributed by atoms with E-state index in [0.29, 0.717) is 29.6 Å². The summed E-state index contributed by atoms with van der Waals surface area (Å²) in [6, 6.07) is 13.9. The fourth-order valence-electron chi connectivity index (χ4n) is 4.07. The van der Waals surface area contributed by atoms with E-state index in [1.807, 2.05) is 24.3 Å². The third-order valence-electron chi connectivity index (χ3n) is 6.13. The zero-order valence-electron chi connectivity index (χ0n) is 19.1. The number of hydrogen-bond donors (Lipinski definition) is 1. The Hall–Kier alpha value is -2.63. The second-order valence-corrected chi connectivity index (χ2v) is 8.78. The molecule has 2 aromatic carbocycles. The molecule has 5 nitrogen and oxygen atoms in total. The quantitative estimate of drug-likeness (QED) is 0.337. The van der Waals surface area contributed by atoms with E-state index in [0.717, 1.165) is 18.7 Å². The van der Waals surface area contributed by atoms with Gasteiger partial charge in [0.05, 0.1) is 11.6 Å². The number of Topliss-reactive ketones (excluding diaryl/α,β-unsaturated/α-hetero) is 1. The van der Waals surface area contributed by atoms with Crippen molar-refractivity contribution in [1.29, 1.82) is 0 Å². The van der Waals surface area contributed by atoms with Crippen molar-refractivity contribution in [1.82, 2.24) is 9.80 Å². The van der Waals surface area contributed by atoms with Gasteiger partial charge in [-0.2, -0.15) is 0 Å². The van der Waals surface area contributed by atoms with Gasteiger partial charge in [0.15, 0.2) is 0 Å². The van der Waals surface area contributed by atoms with Crippen molar-refractivity contribution in [3.05, 3.63) is 75.8 Å². The number of ketones is 1. The smallest absolute Gasteiger partial charge is 0.295 e. The Labute approximate surface area is 195 Å². The first-order valence-corrected chi connectivity index (χ1v) is 11.5. The SMILES string of the molecule is CCN(CC)CCN1C(=O)C(=O)/C(=C(/O)c2ccc(Cl)cc2)[C@@H]1c1ccc(C(C)C)cc1. The fourth-order valence-corrected chi connectivity index (χ4v) is 4.20. The highest BCUT2D eigenvalue weighted by atomic mass is 35.5. The van der Waals surface area contributed by atoms with Crippen LogP contribution in [0.5, 0.6) is 0 Å². The summed E-state index contributed by atoms with van der Waals surface area (Å²) in [5.41, 5.74) is 2.56. The van der Waals surface area contributed by atoms with Gasteiger partial charge in [-0.25, -0.2) is 0 Å². The molecule has 1 amide bonds. The fraction of sp³-hybridized carbons (Fsp3) is 0.385. The Morgan fingerprint density at radius 2 is 1.62 bits per heavy atom. The van der Waals surface area contributed by atoms with Crippen LogP contribution in [0.1, 0.15) is 56.3 Å². The molecule has 6 heteroatoms. The van der Waals surface area contributed by atoms with E-state index in [4.69, 9.17) is 11.6 Å². The average molecular weight is 455 g/mol. The lowest BCUT2D eigenvalue weighted by Gasteiger charge is -2.28. The van der Waals surface area contributed by atoms with Gasteiger partial charge in [0.2, 0.25) is 0 Å². The summed E-state index contributed by atoms with van der Waals surface area (Å²) < 4.78 is 0. The van der Waals surface area contributed by atoms with E-state index < -0.39 is 17.7 Å². The zero-order chi connectivity index (χ0) is 23.4. The Bertz CT molecular complexity index is 993. The summed E-state index contributed by atoms with van der Waals surface area (Å²) in [4.78, 5) is 29.9. The van der Waals surface area contributed by atoms with Crippen molar-refractivity contribution in [2.24, 2.45) is 0 Å². The van der Waals surface area contributed by atoms with Gasteiger partial charge in [-0.15, -0.1) is 0 Å². The van der Waals surface area contributed by atoms with Crippen LogP contribution < -0.4 is 0 Å². The lowest BCUT2D eigenvalue weighted by molar-refractivity contribution is -0.140. The van der Waals surface area contributed by atoms with Crippen molar-refractivity contribution in [3.8, 4) is 0 Å². The number of benzene rings is 2. The summed E-state index contributed by atoms with van der Waals surface area (Å²) in [7, 11) is 0. The molecule has 1 aliphatic heterocycles. The average Bonchev–Trinajstić information content (AvgIpc) is 3.04. The van der Waals surface area contributed by atoms with Crippen LogP contribution in [-0.2, 0) is 9.59 Å². The van der Waals surface area contributed by atoms with Gasteiger partial charge in [-0.3, -0.25) is 9.59 Å². The summed E-state index contributed by atoms with van der Waals surface area (Å²) in [6.45, 7) is 11.2. The van der Waals surface area contributed by atoms with Crippen LogP contribution in [0.2, 0.25) is 5.02 Å². The van der Waals surface area contributed by atoms with E-state index in [9.17, 15) is 14.7 Å². The highest BCUT2D eigenvalue weighted by Gasteiger charge is 2.45. The molecule has 1 aliphatic rings. The number of carbonyl (C=O) groups is 2. The monoisotopic (exact) mass is 454 g/mol. The second kappa shape index (κ2) is 10.3. The normalized spacial score (nSPS) is 18.2. The van der Waals surface area contributed by atoms with Gasteiger partial charge in [0.1, 0.15) is 5.76 Å². The molecule has 0 saturated carbocycles. The number of amides is 1. The van der Waals surface area contributed by atoms with E-state index in [1.54, 1.807) is 29.2 Å². The number of halogens is 1. The first-order chi connectivity index (χ1) is 15.3. The third kappa shape index (κ3) is 4.89. The van der Waals surface area contributed by atoms with Gasteiger partial charge in [-0.1, -0.05) is 63.6 Å². The van der Waals surface area contributed by atoms with Crippen molar-refractivity contribution in [2.75, 3.05) is 26.2 Å². The molecule has 170 valence electrons. The maximum absolute atomic E-state index is 13.1. The molecule has 32 heavy (non-hydrogen) atoms. The highest BCUT2D eigenvalue weighted by molar-refractivity contribution is 6.46. The molecule has 0 spiro atoms. The van der Waals surface area contributed by atoms with Crippen LogP contribution in [0.15, 0.2) is 54.1 Å². The third-order valence-corrected chi connectivity index (χ3v) is 6.38. The van der Waals surface area contributed by atoms with E-state index in [2.05, 4.69) is 32.6 Å². The number of aliphatic hydroxyl groups is 1. The standard InChI is InChI=1S/C26H31ClN2O3/c1-5-28(6-2)15-16-29-23(19-9-7-18(8-10-19)17(3)4)22(25(31)26(29)32)24(30)20-11-13-21(27)14-12-20/h7-14,17,23,30H,5-6,15-16H2,1-4H3/b24-22+/t23-/m0/s1. The van der Waals surface area contributed by atoms with Gasteiger partial charge in [-0.05, 0) is 54.4 Å². The Kier molecular flexibility index (Phi) is 7.75. The first-order valence-electron chi connectivity index (χ1n) is 11.1. The van der Waals surface area contributed by atoms with Crippen LogP contribution in [0.4, 0.5) is 0 Å². The Morgan fingerprint density at radius 1 is 1.03 bits per heavy atom. The number of carbonyl (C=O) groups excluding carboxylic acids is 2. The number of rotatable bonds is 8. The predicted octanol–water partition coefficient (Wildman–Crippen LogP) is 5.23. The first kappa shape index (κ1) is 24.0. The molecule has 1 saturated heterocycles. The highest BCUT2D eigenvalue weighted by Crippen LogP contribution is 2.39. The number of aliphatic hydroxyl groups excluding tert-OH is 1. The molecule has 1 atom stereocenters. The van der Waals surface area contributed by atoms with Crippen LogP contribution in [-0.4, -0.2) is 52.8 Å². The summed E-state index contributed by atoms with van der Waals surface area (Å²) >= 11 is 5.98. The van der Waals surface area contributed by atoms with Crippen molar-refractivity contribution < 1.29 is 14.7 Å². The van der Waals surface area contributed by atoms with Crippen LogP contribution >= 0.6 is 11.6 Å². The van der Waals surface area contributed by atoms with E-state index >= 15 is 0 Å². The van der Waals surface area contributed by atoms with Crippen LogP contribution in [0, 0.1) is 0 Å². The topological polar surface area (TPSA) is 60.9 Å². The Balaban J connectivity index is 2.09. The molecule has 0 aromatic heterocycles. The van der Waals surface area contributed by atoms with Gasteiger partial charge in [0, 0.05) is 23.7 Å². The van der Waals surface area contributed by atoms with Crippen molar-refractivity contribution >= 4 is 29.1 Å². The van der Waals surface area contributed by atoms with Gasteiger partial charge >= 0.3 is 0 Å². The minimum atomic E-state index is -0.657. The number of likely N-dealkylation sites (N-methyl/N-ethyl adjacent to an activating group) is 1. The molecule has 1 fully saturated rings. The lowest BCUT2D eigenvalue weighted by atomic mass is 9.93. The summed E-state index contributed by atoms with van der Waals surface area (Å²) in [5, 5.41) is 11.6. The molecule has 1 heterocycles. The maximum atomic E-state index is 13.1. The molecule has 0 radical (unpaired) electrons. The number of likely N-dealkylation sites (tertiary alicyclic amines) is 1. The van der Waals surface area contributed by atoms with Gasteiger partial charge < -0.3 is 14.9 Å². The van der Waals surface area contributed by atoms with Crippen LogP contribution in [0.25, 0.3) is 5.76 Å². The maximum Gasteiger partial charge on any atom is 0.295 e. The van der Waals surface area contributed by atoms with Gasteiger partial charge in [0.25, 0.3) is 11.7 Å². The van der Waals surface area contributed by atoms with Crippen LogP contribution in [0.3, 0.4) is 0 Å². The molecule has 1 N–H and O–H groups in total. The summed E-state index contributed by atoms with van der Waals surface area (Å²) in [6.07, 6.45) is 0. The Morgan fingerprint density at radius 3 is 2.16 bits per heavy atom. The predicted molar refractivity (Wildman–Crippen MR) is 129 cm³/mol. The van der Waals surface area contributed by atoms with E-state index in [-0.39, 0.29) is 11.3 Å². The molecule has 0 aliphatic carbocycles. The molecular weight excluding hydrogens is 424 g/mol. The molecular formula is C26H31ClN2O3. The molecule has 0 unspecified atom stereocenters. The minimum Gasteiger partial charge on any atom is -0.507 e. The minimum absolute atomic E-state index is 0.120. The number of nitrogens with zero attached hydrogens (tertiary/aromatic N) is 2. The molecule has 3 rings (SSSR count). The van der Waals surface area contributed by atoms with Crippen molar-refractivity contribution in [3.63, 3.8) is 0 Å². The zero-order valence-corrected chi connectivity index (χ0v) is 19.9. The number of hydrogen-bond acceptors (Lipinski definition) is 4. The summed E-state index contributed by atoms with van der Waals surface area (Å²) in [5.74, 6) is -1.05.